The molecule has 7 heteroatoms. The predicted octanol–water partition coefficient (Wildman–Crippen LogP) is 1.91. The van der Waals surface area contributed by atoms with Crippen molar-refractivity contribution in [2.24, 2.45) is 0 Å². The highest BCUT2D eigenvalue weighted by Gasteiger charge is 2.33. The molecule has 0 saturated carbocycles. The number of aliphatic carboxylic acids is 1. The lowest BCUT2D eigenvalue weighted by Crippen LogP contribution is -2.41. The summed E-state index contributed by atoms with van der Waals surface area (Å²) in [6.45, 7) is -2.46. The Labute approximate surface area is 120 Å². The van der Waals surface area contributed by atoms with Crippen LogP contribution in [-0.4, -0.2) is 41.1 Å². The molecule has 1 fully saturated rings. The van der Waals surface area contributed by atoms with Gasteiger partial charge < -0.3 is 14.7 Å². The number of alkyl halides is 2. The summed E-state index contributed by atoms with van der Waals surface area (Å²) in [5, 5.41) is 9.04. The highest BCUT2D eigenvalue weighted by Crippen LogP contribution is 2.20. The van der Waals surface area contributed by atoms with Gasteiger partial charge in [-0.1, -0.05) is 12.1 Å². The average Bonchev–Trinajstić information content (AvgIpc) is 2.90. The highest BCUT2D eigenvalue weighted by atomic mass is 19.3. The molecule has 0 spiro atoms. The van der Waals surface area contributed by atoms with Crippen LogP contribution in [0.1, 0.15) is 18.4 Å². The molecule has 1 saturated heterocycles. The minimum absolute atomic E-state index is 0.0192. The van der Waals surface area contributed by atoms with Crippen LogP contribution in [-0.2, 0) is 16.0 Å². The van der Waals surface area contributed by atoms with Crippen molar-refractivity contribution in [2.75, 3.05) is 6.54 Å². The molecular weight excluding hydrogens is 284 g/mol. The van der Waals surface area contributed by atoms with Gasteiger partial charge in [0.25, 0.3) is 0 Å². The fourth-order valence-electron chi connectivity index (χ4n) is 2.39. The van der Waals surface area contributed by atoms with Crippen LogP contribution in [0.3, 0.4) is 0 Å². The van der Waals surface area contributed by atoms with Gasteiger partial charge in [0.1, 0.15) is 11.8 Å². The van der Waals surface area contributed by atoms with Gasteiger partial charge >= 0.3 is 12.6 Å². The fraction of sp³-hybridized carbons (Fsp3) is 0.429. The molecule has 1 aromatic carbocycles. The van der Waals surface area contributed by atoms with Crippen LogP contribution in [0.5, 0.6) is 5.75 Å². The van der Waals surface area contributed by atoms with Crippen molar-refractivity contribution in [3.63, 3.8) is 0 Å². The summed E-state index contributed by atoms with van der Waals surface area (Å²) in [7, 11) is 0. The lowest BCUT2D eigenvalue weighted by molar-refractivity contribution is -0.148. The largest absolute Gasteiger partial charge is 0.480 e. The first kappa shape index (κ1) is 15.2. The van der Waals surface area contributed by atoms with E-state index < -0.39 is 18.6 Å². The monoisotopic (exact) mass is 299 g/mol. The lowest BCUT2D eigenvalue weighted by Gasteiger charge is -2.21. The Morgan fingerprint density at radius 1 is 1.33 bits per heavy atom. The molecule has 114 valence electrons. The predicted molar refractivity (Wildman–Crippen MR) is 69.1 cm³/mol. The van der Waals surface area contributed by atoms with E-state index in [-0.39, 0.29) is 18.1 Å². The molecule has 1 aliphatic heterocycles. The van der Waals surface area contributed by atoms with Crippen LogP contribution in [0.25, 0.3) is 0 Å². The van der Waals surface area contributed by atoms with Crippen molar-refractivity contribution in [3.05, 3.63) is 29.8 Å². The highest BCUT2D eigenvalue weighted by molar-refractivity contribution is 5.85. The lowest BCUT2D eigenvalue weighted by atomic mass is 10.1. The maximum absolute atomic E-state index is 12.1. The number of rotatable bonds is 5. The number of carboxylic acid groups (broad SMARTS) is 1. The minimum Gasteiger partial charge on any atom is -0.480 e. The molecule has 1 atom stereocenters. The van der Waals surface area contributed by atoms with Crippen molar-refractivity contribution >= 4 is 11.9 Å². The first-order valence-electron chi connectivity index (χ1n) is 6.53. The smallest absolute Gasteiger partial charge is 0.387 e. The normalized spacial score (nSPS) is 18.0. The van der Waals surface area contributed by atoms with E-state index in [1.165, 1.54) is 29.2 Å². The third-order valence-corrected chi connectivity index (χ3v) is 3.36. The van der Waals surface area contributed by atoms with Crippen molar-refractivity contribution < 1.29 is 28.2 Å². The molecule has 1 aromatic rings. The third kappa shape index (κ3) is 3.90. The number of halogens is 2. The van der Waals surface area contributed by atoms with Crippen LogP contribution in [0.4, 0.5) is 8.78 Å². The maximum atomic E-state index is 12.1. The van der Waals surface area contributed by atoms with Gasteiger partial charge in [-0.15, -0.1) is 0 Å². The Morgan fingerprint density at radius 2 is 2.00 bits per heavy atom. The number of likely N-dealkylation sites (tertiary alicyclic amines) is 1. The van der Waals surface area contributed by atoms with E-state index in [2.05, 4.69) is 4.74 Å². The second kappa shape index (κ2) is 6.51. The number of carboxylic acids is 1. The van der Waals surface area contributed by atoms with Crippen molar-refractivity contribution in [3.8, 4) is 5.75 Å². The Bertz CT molecular complexity index is 518. The summed E-state index contributed by atoms with van der Waals surface area (Å²) in [6.07, 6.45) is 1.17. The Morgan fingerprint density at radius 3 is 2.57 bits per heavy atom. The van der Waals surface area contributed by atoms with Crippen LogP contribution >= 0.6 is 0 Å². The molecule has 0 radical (unpaired) electrons. The van der Waals surface area contributed by atoms with Gasteiger partial charge in [0.2, 0.25) is 5.91 Å². The number of hydrogen-bond donors (Lipinski definition) is 1. The second-order valence-electron chi connectivity index (χ2n) is 4.78. The SMILES string of the molecule is O=C(O)C1CCCN1C(=O)Cc1ccc(OC(F)F)cc1. The van der Waals surface area contributed by atoms with Gasteiger partial charge in [-0.05, 0) is 30.5 Å². The fourth-order valence-corrected chi connectivity index (χ4v) is 2.39. The van der Waals surface area contributed by atoms with Crippen LogP contribution < -0.4 is 4.74 Å². The summed E-state index contributed by atoms with van der Waals surface area (Å²) in [5.41, 5.74) is 0.623. The summed E-state index contributed by atoms with van der Waals surface area (Å²) in [4.78, 5) is 24.5. The second-order valence-corrected chi connectivity index (χ2v) is 4.78. The number of carbonyl (C=O) groups is 2. The number of benzene rings is 1. The number of nitrogens with zero attached hydrogens (tertiary/aromatic N) is 1. The van der Waals surface area contributed by atoms with Crippen molar-refractivity contribution in [2.45, 2.75) is 31.9 Å². The van der Waals surface area contributed by atoms with E-state index in [1.807, 2.05) is 0 Å². The minimum atomic E-state index is -2.89. The van der Waals surface area contributed by atoms with Gasteiger partial charge in [0.05, 0.1) is 6.42 Å². The number of ether oxygens (including phenoxy) is 1. The Balaban J connectivity index is 1.97. The van der Waals surface area contributed by atoms with Gasteiger partial charge in [-0.25, -0.2) is 4.79 Å². The molecule has 1 aliphatic rings. The Hall–Kier alpha value is -2.18. The summed E-state index contributed by atoms with van der Waals surface area (Å²) < 4.78 is 28.2. The Kier molecular flexibility index (Phi) is 4.72. The third-order valence-electron chi connectivity index (χ3n) is 3.36. The first-order chi connectivity index (χ1) is 9.97. The molecular formula is C14H15F2NO4. The zero-order chi connectivity index (χ0) is 15.4. The zero-order valence-electron chi connectivity index (χ0n) is 11.2. The molecule has 0 aromatic heterocycles. The quantitative estimate of drug-likeness (QED) is 0.902. The molecule has 1 amide bonds. The number of carbonyl (C=O) groups excluding carboxylic acids is 1. The topological polar surface area (TPSA) is 66.8 Å². The molecule has 1 N–H and O–H groups in total. The van der Waals surface area contributed by atoms with E-state index in [4.69, 9.17) is 5.11 Å². The zero-order valence-corrected chi connectivity index (χ0v) is 11.2. The molecule has 0 bridgehead atoms. The summed E-state index contributed by atoms with van der Waals surface area (Å²) in [6, 6.07) is 4.97. The van der Waals surface area contributed by atoms with Crippen molar-refractivity contribution in [1.82, 2.24) is 4.90 Å². The van der Waals surface area contributed by atoms with E-state index in [0.717, 1.165) is 0 Å². The maximum Gasteiger partial charge on any atom is 0.387 e. The average molecular weight is 299 g/mol. The summed E-state index contributed by atoms with van der Waals surface area (Å²) in [5.74, 6) is -1.25. The standard InChI is InChI=1S/C14H15F2NO4/c15-14(16)21-10-5-3-9(4-6-10)8-12(18)17-7-1-2-11(17)13(19)20/h3-6,11,14H,1-2,7-8H2,(H,19,20). The van der Waals surface area contributed by atoms with E-state index >= 15 is 0 Å². The molecule has 5 nitrogen and oxygen atoms in total. The van der Waals surface area contributed by atoms with E-state index in [1.54, 1.807) is 0 Å². The molecule has 21 heavy (non-hydrogen) atoms. The van der Waals surface area contributed by atoms with Gasteiger partial charge in [0.15, 0.2) is 0 Å². The summed E-state index contributed by atoms with van der Waals surface area (Å²) >= 11 is 0. The molecule has 0 aliphatic carbocycles. The van der Waals surface area contributed by atoms with Crippen LogP contribution in [0.2, 0.25) is 0 Å². The van der Waals surface area contributed by atoms with E-state index in [9.17, 15) is 18.4 Å². The molecule has 1 unspecified atom stereocenters. The van der Waals surface area contributed by atoms with Gasteiger partial charge in [-0.2, -0.15) is 8.78 Å². The number of hydrogen-bond acceptors (Lipinski definition) is 3. The first-order valence-corrected chi connectivity index (χ1v) is 6.53. The number of amides is 1. The van der Waals surface area contributed by atoms with Crippen LogP contribution in [0.15, 0.2) is 24.3 Å². The van der Waals surface area contributed by atoms with Crippen LogP contribution in [0, 0.1) is 0 Å². The molecule has 2 rings (SSSR count). The van der Waals surface area contributed by atoms with E-state index in [0.29, 0.717) is 24.9 Å². The van der Waals surface area contributed by atoms with Crippen molar-refractivity contribution in [1.29, 1.82) is 0 Å². The van der Waals surface area contributed by atoms with Gasteiger partial charge in [0, 0.05) is 6.54 Å². The molecule has 1 heterocycles. The van der Waals surface area contributed by atoms with Gasteiger partial charge in [-0.3, -0.25) is 4.79 Å².